The van der Waals surface area contributed by atoms with Crippen LogP contribution in [0.15, 0.2) is 46.2 Å². The smallest absolute Gasteiger partial charge is 0.0410 e. The molecule has 1 fully saturated rings. The Bertz CT molecular complexity index is 650. The molecule has 2 aromatic rings. The number of halogens is 1. The summed E-state index contributed by atoms with van der Waals surface area (Å²) >= 11 is 8.00. The van der Waals surface area contributed by atoms with Crippen molar-refractivity contribution in [1.29, 1.82) is 0 Å². The van der Waals surface area contributed by atoms with Gasteiger partial charge in [-0.1, -0.05) is 41.1 Å². The van der Waals surface area contributed by atoms with Crippen LogP contribution in [0.25, 0.3) is 0 Å². The van der Waals surface area contributed by atoms with Crippen LogP contribution in [0.1, 0.15) is 29.5 Å². The van der Waals surface area contributed by atoms with Crippen LogP contribution in [0.4, 0.5) is 0 Å². The summed E-state index contributed by atoms with van der Waals surface area (Å²) in [7, 11) is 0. The molecule has 0 bridgehead atoms. The Morgan fingerprint density at radius 1 is 1.10 bits per heavy atom. The summed E-state index contributed by atoms with van der Waals surface area (Å²) in [6.07, 6.45) is 2.61. The monoisotopic (exact) mass is 317 g/mol. The van der Waals surface area contributed by atoms with E-state index in [1.807, 2.05) is 17.8 Å². The maximum atomic E-state index is 6.17. The van der Waals surface area contributed by atoms with E-state index < -0.39 is 0 Å². The first-order valence-corrected chi connectivity index (χ1v) is 8.58. The molecule has 0 heterocycles. The van der Waals surface area contributed by atoms with Crippen LogP contribution < -0.4 is 5.32 Å². The molecule has 0 saturated heterocycles. The Morgan fingerprint density at radius 2 is 1.86 bits per heavy atom. The van der Waals surface area contributed by atoms with Gasteiger partial charge in [0.2, 0.25) is 0 Å². The zero-order valence-corrected chi connectivity index (χ0v) is 14.0. The quantitative estimate of drug-likeness (QED) is 0.796. The number of hydrogen-bond donors (Lipinski definition) is 1. The van der Waals surface area contributed by atoms with Crippen molar-refractivity contribution in [2.24, 2.45) is 0 Å². The molecule has 110 valence electrons. The summed E-state index contributed by atoms with van der Waals surface area (Å²) in [6, 6.07) is 13.5. The van der Waals surface area contributed by atoms with E-state index in [2.05, 4.69) is 49.5 Å². The van der Waals surface area contributed by atoms with Gasteiger partial charge in [-0.2, -0.15) is 0 Å². The van der Waals surface area contributed by atoms with Crippen LogP contribution in [0.2, 0.25) is 5.02 Å². The van der Waals surface area contributed by atoms with Crippen molar-refractivity contribution in [3.8, 4) is 0 Å². The molecule has 1 aliphatic rings. The predicted octanol–water partition coefficient (Wildman–Crippen LogP) is 5.36. The Kier molecular flexibility index (Phi) is 4.58. The second kappa shape index (κ2) is 6.43. The van der Waals surface area contributed by atoms with Gasteiger partial charge >= 0.3 is 0 Å². The van der Waals surface area contributed by atoms with Gasteiger partial charge in [-0.05, 0) is 62.1 Å². The van der Waals surface area contributed by atoms with Crippen LogP contribution in [-0.2, 0) is 6.54 Å². The number of rotatable bonds is 5. The standard InChI is InChI=1S/C18H20ClNS/c1-12-3-7-17(13(2)9-12)21-18-8-4-15(19)10-14(18)11-20-16-5-6-16/h3-4,7-10,16,20H,5-6,11H2,1-2H3. The normalized spacial score (nSPS) is 14.4. The highest BCUT2D eigenvalue weighted by atomic mass is 35.5. The molecule has 0 spiro atoms. The SMILES string of the molecule is Cc1ccc(Sc2ccc(Cl)cc2CNC2CC2)c(C)c1. The molecule has 2 aromatic carbocycles. The minimum absolute atomic E-state index is 0.711. The van der Waals surface area contributed by atoms with Gasteiger partial charge in [0.05, 0.1) is 0 Å². The first-order chi connectivity index (χ1) is 10.1. The van der Waals surface area contributed by atoms with Crippen LogP contribution in [0.3, 0.4) is 0 Å². The number of benzene rings is 2. The largest absolute Gasteiger partial charge is 0.310 e. The fourth-order valence-electron chi connectivity index (χ4n) is 2.36. The van der Waals surface area contributed by atoms with Gasteiger partial charge in [0.15, 0.2) is 0 Å². The molecule has 0 amide bonds. The number of nitrogens with one attached hydrogen (secondary N) is 1. The summed E-state index contributed by atoms with van der Waals surface area (Å²) < 4.78 is 0. The molecular formula is C18H20ClNS. The predicted molar refractivity (Wildman–Crippen MR) is 91.4 cm³/mol. The zero-order chi connectivity index (χ0) is 14.8. The Balaban J connectivity index is 1.82. The Morgan fingerprint density at radius 3 is 2.57 bits per heavy atom. The fourth-order valence-corrected chi connectivity index (χ4v) is 3.55. The molecule has 1 aliphatic carbocycles. The highest BCUT2D eigenvalue weighted by Gasteiger charge is 2.20. The van der Waals surface area contributed by atoms with E-state index in [0.717, 1.165) is 11.6 Å². The molecule has 0 atom stereocenters. The second-order valence-electron chi connectivity index (χ2n) is 5.78. The van der Waals surface area contributed by atoms with Crippen molar-refractivity contribution in [3.05, 3.63) is 58.1 Å². The lowest BCUT2D eigenvalue weighted by molar-refractivity contribution is 0.680. The first kappa shape index (κ1) is 15.0. The molecule has 0 aromatic heterocycles. The second-order valence-corrected chi connectivity index (χ2v) is 7.30. The van der Waals surface area contributed by atoms with Crippen molar-refractivity contribution in [2.75, 3.05) is 0 Å². The summed E-state index contributed by atoms with van der Waals surface area (Å²) in [5.74, 6) is 0. The zero-order valence-electron chi connectivity index (χ0n) is 12.4. The molecule has 0 unspecified atom stereocenters. The van der Waals surface area contributed by atoms with Gasteiger partial charge in [0, 0.05) is 27.4 Å². The molecule has 21 heavy (non-hydrogen) atoms. The summed E-state index contributed by atoms with van der Waals surface area (Å²) in [6.45, 7) is 5.21. The molecule has 1 saturated carbocycles. The highest BCUT2D eigenvalue weighted by molar-refractivity contribution is 7.99. The third-order valence-corrected chi connectivity index (χ3v) is 5.26. The molecule has 0 aliphatic heterocycles. The lowest BCUT2D eigenvalue weighted by Gasteiger charge is -2.12. The van der Waals surface area contributed by atoms with Crippen molar-refractivity contribution in [3.63, 3.8) is 0 Å². The van der Waals surface area contributed by atoms with E-state index >= 15 is 0 Å². The van der Waals surface area contributed by atoms with Crippen LogP contribution in [0.5, 0.6) is 0 Å². The molecule has 1 nitrogen and oxygen atoms in total. The molecule has 1 N–H and O–H groups in total. The van der Waals surface area contributed by atoms with Gasteiger partial charge in [0.1, 0.15) is 0 Å². The number of aryl methyl sites for hydroxylation is 2. The maximum absolute atomic E-state index is 6.17. The summed E-state index contributed by atoms with van der Waals surface area (Å²) in [4.78, 5) is 2.61. The Hall–Kier alpha value is -0.960. The van der Waals surface area contributed by atoms with E-state index in [1.54, 1.807) is 0 Å². The molecular weight excluding hydrogens is 298 g/mol. The minimum Gasteiger partial charge on any atom is -0.310 e. The van der Waals surface area contributed by atoms with E-state index in [0.29, 0.717) is 6.04 Å². The fraction of sp³-hybridized carbons (Fsp3) is 0.333. The Labute approximate surface area is 136 Å². The van der Waals surface area contributed by atoms with Crippen molar-refractivity contribution in [2.45, 2.75) is 49.1 Å². The van der Waals surface area contributed by atoms with Gasteiger partial charge in [-0.3, -0.25) is 0 Å². The summed E-state index contributed by atoms with van der Waals surface area (Å²) in [5, 5.41) is 4.39. The van der Waals surface area contributed by atoms with Gasteiger partial charge in [0.25, 0.3) is 0 Å². The summed E-state index contributed by atoms with van der Waals surface area (Å²) in [5.41, 5.74) is 3.93. The minimum atomic E-state index is 0.711. The molecule has 3 rings (SSSR count). The van der Waals surface area contributed by atoms with Gasteiger partial charge in [-0.15, -0.1) is 0 Å². The van der Waals surface area contributed by atoms with E-state index in [1.165, 1.54) is 39.3 Å². The van der Waals surface area contributed by atoms with Crippen LogP contribution in [-0.4, -0.2) is 6.04 Å². The lowest BCUT2D eigenvalue weighted by atomic mass is 10.2. The highest BCUT2D eigenvalue weighted by Crippen LogP contribution is 2.34. The topological polar surface area (TPSA) is 12.0 Å². The van der Waals surface area contributed by atoms with Crippen molar-refractivity contribution in [1.82, 2.24) is 5.32 Å². The maximum Gasteiger partial charge on any atom is 0.0410 e. The van der Waals surface area contributed by atoms with Crippen molar-refractivity contribution < 1.29 is 0 Å². The lowest BCUT2D eigenvalue weighted by Crippen LogP contribution is -2.15. The number of hydrogen-bond acceptors (Lipinski definition) is 2. The van der Waals surface area contributed by atoms with Crippen molar-refractivity contribution >= 4 is 23.4 Å². The first-order valence-electron chi connectivity index (χ1n) is 7.39. The van der Waals surface area contributed by atoms with Gasteiger partial charge < -0.3 is 5.32 Å². The molecule has 3 heteroatoms. The van der Waals surface area contributed by atoms with E-state index in [9.17, 15) is 0 Å². The third-order valence-electron chi connectivity index (χ3n) is 3.73. The third kappa shape index (κ3) is 4.03. The van der Waals surface area contributed by atoms with Crippen LogP contribution in [0, 0.1) is 13.8 Å². The van der Waals surface area contributed by atoms with E-state index in [-0.39, 0.29) is 0 Å². The van der Waals surface area contributed by atoms with E-state index in [4.69, 9.17) is 11.6 Å². The van der Waals surface area contributed by atoms with Crippen LogP contribution >= 0.6 is 23.4 Å². The van der Waals surface area contributed by atoms with Gasteiger partial charge in [-0.25, -0.2) is 0 Å². The average Bonchev–Trinajstić information content (AvgIpc) is 3.26. The average molecular weight is 318 g/mol. The molecule has 0 radical (unpaired) electrons.